The summed E-state index contributed by atoms with van der Waals surface area (Å²) in [6.45, 7) is 0. The van der Waals surface area contributed by atoms with Crippen molar-refractivity contribution >= 4 is 29.2 Å². The number of fused-ring (bicyclic) bond motifs is 1. The number of aromatic amines is 1. The second kappa shape index (κ2) is 5.68. The van der Waals surface area contributed by atoms with Gasteiger partial charge in [0.2, 0.25) is 0 Å². The van der Waals surface area contributed by atoms with Gasteiger partial charge in [0.15, 0.2) is 5.78 Å². The number of rotatable bonds is 4. The number of hydrogen-bond donors (Lipinski definition) is 2. The van der Waals surface area contributed by atoms with E-state index in [1.165, 1.54) is 5.56 Å². The first-order chi connectivity index (χ1) is 11.6. The topological polar surface area (TPSA) is 71.8 Å². The minimum atomic E-state index is -0.106. The van der Waals surface area contributed by atoms with Crippen LogP contribution in [0.5, 0.6) is 0 Å². The zero-order chi connectivity index (χ0) is 16.3. The fourth-order valence-corrected chi connectivity index (χ4v) is 3.35. The fraction of sp³-hybridized carbons (Fsp3) is 0.300. The Balaban J connectivity index is 0.00000157. The van der Waals surface area contributed by atoms with Gasteiger partial charge >= 0.3 is 0 Å². The lowest BCUT2D eigenvalue weighted by Gasteiger charge is -2.10. The molecule has 2 aromatic heterocycles. The van der Waals surface area contributed by atoms with Gasteiger partial charge in [0.05, 0.1) is 0 Å². The SMILES string of the molecule is Cl.NC1(c2ccc(-c3cnc4[nH]cc(C(=O)C5CC5)c4c3)cc2)CC1. The first-order valence-electron chi connectivity index (χ1n) is 8.55. The predicted octanol–water partition coefficient (Wildman–Crippen LogP) is 4.19. The largest absolute Gasteiger partial charge is 0.345 e. The number of ketones is 1. The van der Waals surface area contributed by atoms with E-state index in [1.807, 2.05) is 6.20 Å². The average Bonchev–Trinajstić information content (AvgIpc) is 3.53. The van der Waals surface area contributed by atoms with E-state index in [2.05, 4.69) is 40.3 Å². The van der Waals surface area contributed by atoms with Crippen molar-refractivity contribution in [3.63, 3.8) is 0 Å². The maximum Gasteiger partial charge on any atom is 0.168 e. The van der Waals surface area contributed by atoms with Gasteiger partial charge in [-0.15, -0.1) is 12.4 Å². The lowest BCUT2D eigenvalue weighted by molar-refractivity contribution is 0.0969. The number of pyridine rings is 1. The van der Waals surface area contributed by atoms with Crippen molar-refractivity contribution < 1.29 is 4.79 Å². The molecule has 0 radical (unpaired) electrons. The fourth-order valence-electron chi connectivity index (χ4n) is 3.35. The molecule has 2 aliphatic rings. The third kappa shape index (κ3) is 2.75. The summed E-state index contributed by atoms with van der Waals surface area (Å²) in [5.74, 6) is 0.459. The van der Waals surface area contributed by atoms with Gasteiger partial charge in [-0.05, 0) is 42.9 Å². The number of carbonyl (C=O) groups excluding carboxylic acids is 1. The number of benzene rings is 1. The maximum atomic E-state index is 12.4. The van der Waals surface area contributed by atoms with Crippen LogP contribution in [0, 0.1) is 5.92 Å². The van der Waals surface area contributed by atoms with Crippen molar-refractivity contribution in [1.82, 2.24) is 9.97 Å². The molecule has 0 saturated heterocycles. The molecule has 0 amide bonds. The molecule has 1 aromatic carbocycles. The third-order valence-corrected chi connectivity index (χ3v) is 5.33. The normalized spacial score (nSPS) is 18.0. The summed E-state index contributed by atoms with van der Waals surface area (Å²) in [7, 11) is 0. The maximum absolute atomic E-state index is 12.4. The smallest absolute Gasteiger partial charge is 0.168 e. The van der Waals surface area contributed by atoms with Crippen molar-refractivity contribution in [2.24, 2.45) is 11.7 Å². The molecule has 5 heteroatoms. The van der Waals surface area contributed by atoms with Crippen LogP contribution in [0.4, 0.5) is 0 Å². The Labute approximate surface area is 152 Å². The zero-order valence-corrected chi connectivity index (χ0v) is 14.6. The number of halogens is 1. The van der Waals surface area contributed by atoms with Gasteiger partial charge in [0, 0.05) is 40.4 Å². The van der Waals surface area contributed by atoms with Gasteiger partial charge in [-0.25, -0.2) is 4.98 Å². The molecule has 0 aliphatic heterocycles. The molecule has 4 nitrogen and oxygen atoms in total. The van der Waals surface area contributed by atoms with Gasteiger partial charge in [0.1, 0.15) is 5.65 Å². The highest BCUT2D eigenvalue weighted by Gasteiger charge is 2.39. The van der Waals surface area contributed by atoms with Gasteiger partial charge in [0.25, 0.3) is 0 Å². The van der Waals surface area contributed by atoms with Gasteiger partial charge in [-0.2, -0.15) is 0 Å². The lowest BCUT2D eigenvalue weighted by atomic mass is 9.99. The molecule has 3 aromatic rings. The molecule has 2 aliphatic carbocycles. The number of nitrogens with one attached hydrogen (secondary N) is 1. The second-order valence-corrected chi connectivity index (χ2v) is 7.19. The molecule has 0 bridgehead atoms. The first kappa shape index (κ1) is 16.3. The Bertz CT molecular complexity index is 953. The van der Waals surface area contributed by atoms with Crippen molar-refractivity contribution in [3.05, 3.63) is 53.9 Å². The predicted molar refractivity (Wildman–Crippen MR) is 101 cm³/mol. The number of aromatic nitrogens is 2. The summed E-state index contributed by atoms with van der Waals surface area (Å²) in [5.41, 5.74) is 11.0. The quantitative estimate of drug-likeness (QED) is 0.691. The Morgan fingerprint density at radius 2 is 1.88 bits per heavy atom. The van der Waals surface area contributed by atoms with Crippen LogP contribution < -0.4 is 5.73 Å². The van der Waals surface area contributed by atoms with E-state index in [-0.39, 0.29) is 29.6 Å². The molecule has 0 spiro atoms. The standard InChI is InChI=1S/C20H19N3O.ClH/c21-20(7-8-20)15-5-3-12(4-6-15)14-9-16-17(18(24)13-1-2-13)11-23-19(16)22-10-14;/h3-6,9-11,13H,1-2,7-8,21H2,(H,22,23);1H. The minimum absolute atomic E-state index is 0. The van der Waals surface area contributed by atoms with Crippen LogP contribution in [0.15, 0.2) is 42.7 Å². The number of Topliss-reactive ketones (excluding diaryl/α,β-unsaturated/α-hetero) is 1. The molecule has 5 rings (SSSR count). The monoisotopic (exact) mass is 353 g/mol. The number of hydrogen-bond acceptors (Lipinski definition) is 3. The van der Waals surface area contributed by atoms with Crippen LogP contribution in [-0.2, 0) is 5.54 Å². The van der Waals surface area contributed by atoms with Crippen LogP contribution >= 0.6 is 12.4 Å². The van der Waals surface area contributed by atoms with Crippen LogP contribution in [0.25, 0.3) is 22.2 Å². The molecule has 128 valence electrons. The van der Waals surface area contributed by atoms with E-state index in [4.69, 9.17) is 5.73 Å². The highest BCUT2D eigenvalue weighted by atomic mass is 35.5. The Morgan fingerprint density at radius 1 is 1.16 bits per heavy atom. The van der Waals surface area contributed by atoms with Crippen LogP contribution in [0.3, 0.4) is 0 Å². The number of H-pyrrole nitrogens is 1. The van der Waals surface area contributed by atoms with Gasteiger partial charge < -0.3 is 10.7 Å². The average molecular weight is 354 g/mol. The first-order valence-corrected chi connectivity index (χ1v) is 8.55. The van der Waals surface area contributed by atoms with E-state index in [1.54, 1.807) is 6.20 Å². The summed E-state index contributed by atoms with van der Waals surface area (Å²) in [6.07, 6.45) is 7.82. The van der Waals surface area contributed by atoms with Crippen molar-refractivity contribution in [2.75, 3.05) is 0 Å². The molecular formula is C20H20ClN3O. The van der Waals surface area contributed by atoms with Crippen LogP contribution in [-0.4, -0.2) is 15.8 Å². The summed E-state index contributed by atoms with van der Waals surface area (Å²) < 4.78 is 0. The highest BCUT2D eigenvalue weighted by molar-refractivity contribution is 6.09. The molecule has 3 N–H and O–H groups in total. The molecule has 2 heterocycles. The summed E-state index contributed by atoms with van der Waals surface area (Å²) in [6, 6.07) is 10.5. The summed E-state index contributed by atoms with van der Waals surface area (Å²) >= 11 is 0. The molecule has 25 heavy (non-hydrogen) atoms. The van der Waals surface area contributed by atoms with Gasteiger partial charge in [-0.1, -0.05) is 24.3 Å². The van der Waals surface area contributed by atoms with Crippen LogP contribution in [0.2, 0.25) is 0 Å². The Kier molecular flexibility index (Phi) is 3.71. The van der Waals surface area contributed by atoms with Crippen LogP contribution in [0.1, 0.15) is 41.6 Å². The van der Waals surface area contributed by atoms with Gasteiger partial charge in [-0.3, -0.25) is 4.79 Å². The molecule has 0 atom stereocenters. The van der Waals surface area contributed by atoms with E-state index in [0.29, 0.717) is 0 Å². The summed E-state index contributed by atoms with van der Waals surface area (Å²) in [4.78, 5) is 20.0. The molecule has 2 fully saturated rings. The Hall–Kier alpha value is -2.17. The second-order valence-electron chi connectivity index (χ2n) is 7.19. The molecular weight excluding hydrogens is 334 g/mol. The van der Waals surface area contributed by atoms with E-state index in [0.717, 1.165) is 53.4 Å². The van der Waals surface area contributed by atoms with Crippen molar-refractivity contribution in [3.8, 4) is 11.1 Å². The zero-order valence-electron chi connectivity index (χ0n) is 13.8. The molecule has 0 unspecified atom stereocenters. The molecule has 2 saturated carbocycles. The lowest BCUT2D eigenvalue weighted by Crippen LogP contribution is -2.18. The number of carbonyl (C=O) groups is 1. The highest BCUT2D eigenvalue weighted by Crippen LogP contribution is 2.43. The Morgan fingerprint density at radius 3 is 2.52 bits per heavy atom. The van der Waals surface area contributed by atoms with E-state index < -0.39 is 0 Å². The number of nitrogens with two attached hydrogens (primary N) is 1. The number of nitrogens with zero attached hydrogens (tertiary/aromatic N) is 1. The van der Waals surface area contributed by atoms with E-state index >= 15 is 0 Å². The van der Waals surface area contributed by atoms with E-state index in [9.17, 15) is 4.79 Å². The third-order valence-electron chi connectivity index (χ3n) is 5.33. The summed E-state index contributed by atoms with van der Waals surface area (Å²) in [5, 5.41) is 0.922. The van der Waals surface area contributed by atoms with Crippen molar-refractivity contribution in [1.29, 1.82) is 0 Å². The van der Waals surface area contributed by atoms with Crippen molar-refractivity contribution in [2.45, 2.75) is 31.2 Å². The minimum Gasteiger partial charge on any atom is -0.345 e.